The number of carbonyl (C=O) groups excluding carboxylic acids is 1. The van der Waals surface area contributed by atoms with E-state index in [-0.39, 0.29) is 11.9 Å². The molecule has 134 valence electrons. The molecule has 1 amide bonds. The standard InChI is InChI=1S/C19H22N6O/c1-14(18-23-20-13-24(18)16-7-2-3-8-16)22-19(26)15-6-4-9-17(12-15)25-11-5-10-21-25/h4-6,9-14,16H,2-3,7-8H2,1H3,(H,22,26)/t14-/m0/s1. The Morgan fingerprint density at radius 1 is 1.27 bits per heavy atom. The molecule has 1 aliphatic carbocycles. The Hall–Kier alpha value is -2.96. The van der Waals surface area contributed by atoms with Gasteiger partial charge in [0.15, 0.2) is 5.82 Å². The minimum Gasteiger partial charge on any atom is -0.342 e. The van der Waals surface area contributed by atoms with Crippen LogP contribution in [0.15, 0.2) is 49.1 Å². The Bertz CT molecular complexity index is 879. The quantitative estimate of drug-likeness (QED) is 0.767. The molecule has 0 aliphatic heterocycles. The molecule has 26 heavy (non-hydrogen) atoms. The zero-order valence-corrected chi connectivity index (χ0v) is 14.7. The van der Waals surface area contributed by atoms with E-state index in [0.717, 1.165) is 24.4 Å². The molecule has 0 bridgehead atoms. The molecule has 2 aromatic heterocycles. The van der Waals surface area contributed by atoms with Crippen LogP contribution in [0.3, 0.4) is 0 Å². The molecule has 3 aromatic rings. The van der Waals surface area contributed by atoms with Gasteiger partial charge in [-0.15, -0.1) is 10.2 Å². The zero-order chi connectivity index (χ0) is 17.9. The molecule has 1 atom stereocenters. The molecule has 2 heterocycles. The molecule has 1 N–H and O–H groups in total. The molecule has 0 unspecified atom stereocenters. The second-order valence-electron chi connectivity index (χ2n) is 6.73. The van der Waals surface area contributed by atoms with Crippen LogP contribution < -0.4 is 5.32 Å². The molecule has 0 saturated heterocycles. The van der Waals surface area contributed by atoms with Gasteiger partial charge in [0.2, 0.25) is 0 Å². The van der Waals surface area contributed by atoms with E-state index in [2.05, 4.69) is 25.2 Å². The van der Waals surface area contributed by atoms with Crippen LogP contribution in [0.25, 0.3) is 5.69 Å². The van der Waals surface area contributed by atoms with E-state index in [4.69, 9.17) is 0 Å². The third-order valence-corrected chi connectivity index (χ3v) is 4.93. The van der Waals surface area contributed by atoms with Crippen molar-refractivity contribution >= 4 is 5.91 Å². The molecule has 0 radical (unpaired) electrons. The number of carbonyl (C=O) groups is 1. The normalized spacial score (nSPS) is 15.9. The van der Waals surface area contributed by atoms with Crippen molar-refractivity contribution in [1.82, 2.24) is 29.9 Å². The SMILES string of the molecule is C[C@H](NC(=O)c1cccc(-n2cccn2)c1)c1nncn1C1CCCC1. The maximum Gasteiger partial charge on any atom is 0.251 e. The highest BCUT2D eigenvalue weighted by Gasteiger charge is 2.23. The lowest BCUT2D eigenvalue weighted by Crippen LogP contribution is -2.29. The van der Waals surface area contributed by atoms with Crippen molar-refractivity contribution in [2.75, 3.05) is 0 Å². The van der Waals surface area contributed by atoms with Crippen LogP contribution in [0.5, 0.6) is 0 Å². The largest absolute Gasteiger partial charge is 0.342 e. The average Bonchev–Trinajstić information content (AvgIpc) is 3.43. The summed E-state index contributed by atoms with van der Waals surface area (Å²) >= 11 is 0. The fraction of sp³-hybridized carbons (Fsp3) is 0.368. The number of hydrogen-bond acceptors (Lipinski definition) is 4. The Morgan fingerprint density at radius 2 is 2.12 bits per heavy atom. The molecule has 7 nitrogen and oxygen atoms in total. The predicted octanol–water partition coefficient (Wildman–Crippen LogP) is 3.07. The minimum absolute atomic E-state index is 0.132. The lowest BCUT2D eigenvalue weighted by atomic mass is 10.1. The number of nitrogens with one attached hydrogen (secondary N) is 1. The number of hydrogen-bond donors (Lipinski definition) is 1. The molecular weight excluding hydrogens is 328 g/mol. The van der Waals surface area contributed by atoms with Crippen molar-refractivity contribution in [1.29, 1.82) is 0 Å². The van der Waals surface area contributed by atoms with Gasteiger partial charge in [-0.1, -0.05) is 18.9 Å². The Balaban J connectivity index is 1.50. The fourth-order valence-corrected chi connectivity index (χ4v) is 3.58. The van der Waals surface area contributed by atoms with Crippen LogP contribution in [-0.4, -0.2) is 30.5 Å². The highest BCUT2D eigenvalue weighted by atomic mass is 16.1. The lowest BCUT2D eigenvalue weighted by Gasteiger charge is -2.18. The van der Waals surface area contributed by atoms with Gasteiger partial charge in [-0.2, -0.15) is 5.10 Å². The number of amides is 1. The van der Waals surface area contributed by atoms with Crippen LogP contribution in [-0.2, 0) is 0 Å². The van der Waals surface area contributed by atoms with E-state index in [1.807, 2.05) is 37.4 Å². The summed E-state index contributed by atoms with van der Waals surface area (Å²) in [5.41, 5.74) is 1.45. The average molecular weight is 350 g/mol. The third-order valence-electron chi connectivity index (χ3n) is 4.93. The number of aromatic nitrogens is 5. The van der Waals surface area contributed by atoms with Gasteiger partial charge in [0.25, 0.3) is 5.91 Å². The van der Waals surface area contributed by atoms with E-state index in [1.54, 1.807) is 23.3 Å². The van der Waals surface area contributed by atoms with Crippen molar-refractivity contribution in [3.05, 3.63) is 60.4 Å². The van der Waals surface area contributed by atoms with Crippen molar-refractivity contribution in [2.24, 2.45) is 0 Å². The van der Waals surface area contributed by atoms with E-state index in [9.17, 15) is 4.79 Å². The summed E-state index contributed by atoms with van der Waals surface area (Å²) in [5, 5.41) is 15.6. The van der Waals surface area contributed by atoms with Crippen molar-refractivity contribution in [3.8, 4) is 5.69 Å². The molecule has 4 rings (SSSR count). The van der Waals surface area contributed by atoms with E-state index < -0.39 is 0 Å². The molecule has 1 aromatic carbocycles. The third kappa shape index (κ3) is 3.24. The first-order valence-corrected chi connectivity index (χ1v) is 9.03. The summed E-state index contributed by atoms with van der Waals surface area (Å²) < 4.78 is 3.86. The van der Waals surface area contributed by atoms with Crippen LogP contribution >= 0.6 is 0 Å². The predicted molar refractivity (Wildman–Crippen MR) is 97.0 cm³/mol. The van der Waals surface area contributed by atoms with E-state index >= 15 is 0 Å². The van der Waals surface area contributed by atoms with Gasteiger partial charge in [-0.3, -0.25) is 4.79 Å². The fourth-order valence-electron chi connectivity index (χ4n) is 3.58. The first-order valence-electron chi connectivity index (χ1n) is 9.03. The van der Waals surface area contributed by atoms with Crippen molar-refractivity contribution in [2.45, 2.75) is 44.7 Å². The Kier molecular flexibility index (Phi) is 4.51. The van der Waals surface area contributed by atoms with Crippen LogP contribution in [0.4, 0.5) is 0 Å². The van der Waals surface area contributed by atoms with Gasteiger partial charge in [-0.25, -0.2) is 4.68 Å². The zero-order valence-electron chi connectivity index (χ0n) is 14.7. The topological polar surface area (TPSA) is 77.6 Å². The first kappa shape index (κ1) is 16.5. The maximum absolute atomic E-state index is 12.7. The smallest absolute Gasteiger partial charge is 0.251 e. The monoisotopic (exact) mass is 350 g/mol. The number of benzene rings is 1. The summed E-state index contributed by atoms with van der Waals surface area (Å²) in [6, 6.07) is 9.50. The second-order valence-corrected chi connectivity index (χ2v) is 6.73. The Morgan fingerprint density at radius 3 is 2.88 bits per heavy atom. The van der Waals surface area contributed by atoms with Crippen LogP contribution in [0, 0.1) is 0 Å². The molecule has 1 fully saturated rings. The summed E-state index contributed by atoms with van der Waals surface area (Å²) in [4.78, 5) is 12.7. The first-order chi connectivity index (χ1) is 12.7. The lowest BCUT2D eigenvalue weighted by molar-refractivity contribution is 0.0937. The maximum atomic E-state index is 12.7. The van der Waals surface area contributed by atoms with Gasteiger partial charge in [0.05, 0.1) is 11.7 Å². The van der Waals surface area contributed by atoms with E-state index in [0.29, 0.717) is 11.6 Å². The summed E-state index contributed by atoms with van der Waals surface area (Å²) in [5.74, 6) is 0.681. The Labute approximate surface area is 152 Å². The van der Waals surface area contributed by atoms with Gasteiger partial charge >= 0.3 is 0 Å². The van der Waals surface area contributed by atoms with Gasteiger partial charge in [0.1, 0.15) is 6.33 Å². The van der Waals surface area contributed by atoms with E-state index in [1.165, 1.54) is 12.8 Å². The number of rotatable bonds is 5. The van der Waals surface area contributed by atoms with Crippen LogP contribution in [0.2, 0.25) is 0 Å². The van der Waals surface area contributed by atoms with Gasteiger partial charge < -0.3 is 9.88 Å². The van der Waals surface area contributed by atoms with Crippen molar-refractivity contribution < 1.29 is 4.79 Å². The molecule has 7 heteroatoms. The highest BCUT2D eigenvalue weighted by molar-refractivity contribution is 5.94. The highest BCUT2D eigenvalue weighted by Crippen LogP contribution is 2.31. The molecule has 1 aliphatic rings. The molecule has 1 saturated carbocycles. The van der Waals surface area contributed by atoms with Gasteiger partial charge in [0, 0.05) is 24.0 Å². The number of nitrogens with zero attached hydrogens (tertiary/aromatic N) is 5. The van der Waals surface area contributed by atoms with Gasteiger partial charge in [-0.05, 0) is 44.0 Å². The second kappa shape index (κ2) is 7.11. The summed E-state index contributed by atoms with van der Waals surface area (Å²) in [6.07, 6.45) is 10.1. The van der Waals surface area contributed by atoms with Crippen molar-refractivity contribution in [3.63, 3.8) is 0 Å². The summed E-state index contributed by atoms with van der Waals surface area (Å²) in [7, 11) is 0. The molecule has 0 spiro atoms. The summed E-state index contributed by atoms with van der Waals surface area (Å²) in [6.45, 7) is 1.95. The van der Waals surface area contributed by atoms with Crippen LogP contribution in [0.1, 0.15) is 60.9 Å². The molecular formula is C19H22N6O. The minimum atomic E-state index is -0.209.